The van der Waals surface area contributed by atoms with Crippen LogP contribution in [0.25, 0.3) is 0 Å². The van der Waals surface area contributed by atoms with Crippen molar-refractivity contribution in [3.8, 4) is 5.75 Å². The van der Waals surface area contributed by atoms with Crippen LogP contribution in [0.1, 0.15) is 61.8 Å². The first-order chi connectivity index (χ1) is 23.0. The number of aromatic nitrogens is 1. The molecule has 48 heavy (non-hydrogen) atoms. The highest BCUT2D eigenvalue weighted by Gasteiger charge is 2.31. The van der Waals surface area contributed by atoms with E-state index in [1.807, 2.05) is 44.2 Å². The number of ether oxygens (including phenoxy) is 2. The summed E-state index contributed by atoms with van der Waals surface area (Å²) in [5, 5.41) is 22.5. The molecule has 1 aliphatic rings. The molecule has 4 atom stereocenters. The average Bonchev–Trinajstić information content (AvgIpc) is 3.38. The van der Waals surface area contributed by atoms with Crippen molar-refractivity contribution in [2.45, 2.75) is 72.1 Å². The minimum Gasteiger partial charge on any atom is -0.490 e. The van der Waals surface area contributed by atoms with E-state index in [-0.39, 0.29) is 42.7 Å². The van der Waals surface area contributed by atoms with Gasteiger partial charge in [-0.05, 0) is 77.3 Å². The van der Waals surface area contributed by atoms with Gasteiger partial charge in [-0.1, -0.05) is 30.3 Å². The van der Waals surface area contributed by atoms with Gasteiger partial charge in [0.15, 0.2) is 5.76 Å². The Morgan fingerprint density at radius 2 is 1.81 bits per heavy atom. The molecule has 2 heterocycles. The van der Waals surface area contributed by atoms with E-state index in [4.69, 9.17) is 14.0 Å². The summed E-state index contributed by atoms with van der Waals surface area (Å²) in [6, 6.07) is 12.8. The molecule has 5 amide bonds. The third-order valence-corrected chi connectivity index (χ3v) is 8.41. The largest absolute Gasteiger partial charge is 0.490 e. The number of aliphatic hydroxyl groups is 1. The maximum Gasteiger partial charge on any atom is 0.323 e. The fraction of sp³-hybridized carbons (Fsp3) is 0.486. The summed E-state index contributed by atoms with van der Waals surface area (Å²) in [7, 11) is 1.71. The van der Waals surface area contributed by atoms with E-state index >= 15 is 0 Å². The van der Waals surface area contributed by atoms with Crippen LogP contribution in [0.15, 0.2) is 53.1 Å². The van der Waals surface area contributed by atoms with Gasteiger partial charge in [-0.3, -0.25) is 4.79 Å². The number of carbonyl (C=O) groups excluding carboxylic acids is 3. The van der Waals surface area contributed by atoms with E-state index in [9.17, 15) is 19.5 Å². The number of anilines is 3. The number of fused-ring (bicyclic) bond motifs is 1. The molecule has 260 valence electrons. The minimum atomic E-state index is -0.544. The summed E-state index contributed by atoms with van der Waals surface area (Å²) in [6.07, 6.45) is 1.77. The van der Waals surface area contributed by atoms with Gasteiger partial charge in [-0.25, -0.2) is 9.59 Å². The standard InChI is InChI=1S/C35H48N6O7/c1-22-19-41(23(2)21-42)33(43)29-18-28(36-34(44)38-32-25(4)39-48-26(32)5)15-16-30(29)47-24(3)12-10-11-17-46-31(22)20-40(6)35(45)37-27-13-8-7-9-14-27/h7-9,13-16,18,22-24,31,42H,10-12,17,19-21H2,1-6H3,(H,37,45)(H2,36,38,44)/t22-,23+,24-,31-/m1/s1. The summed E-state index contributed by atoms with van der Waals surface area (Å²) >= 11 is 0. The van der Waals surface area contributed by atoms with E-state index in [1.54, 1.807) is 55.8 Å². The van der Waals surface area contributed by atoms with Gasteiger partial charge < -0.3 is 44.9 Å². The fourth-order valence-electron chi connectivity index (χ4n) is 5.49. The third-order valence-electron chi connectivity index (χ3n) is 8.41. The number of amides is 5. The fourth-order valence-corrected chi connectivity index (χ4v) is 5.49. The number of urea groups is 2. The summed E-state index contributed by atoms with van der Waals surface area (Å²) in [6.45, 7) is 9.85. The van der Waals surface area contributed by atoms with Crippen molar-refractivity contribution in [2.75, 3.05) is 49.3 Å². The molecule has 1 aromatic heterocycles. The molecule has 3 aromatic rings. The molecular weight excluding hydrogens is 616 g/mol. The van der Waals surface area contributed by atoms with Crippen LogP contribution in [0.3, 0.4) is 0 Å². The Hall–Kier alpha value is -4.62. The lowest BCUT2D eigenvalue weighted by Gasteiger charge is -2.35. The zero-order chi connectivity index (χ0) is 34.8. The van der Waals surface area contributed by atoms with Gasteiger partial charge in [0.05, 0.1) is 30.4 Å². The van der Waals surface area contributed by atoms with Gasteiger partial charge in [-0.15, -0.1) is 0 Å². The van der Waals surface area contributed by atoms with Crippen LogP contribution in [0, 0.1) is 19.8 Å². The molecule has 13 nitrogen and oxygen atoms in total. The van der Waals surface area contributed by atoms with Gasteiger partial charge in [0.25, 0.3) is 5.91 Å². The lowest BCUT2D eigenvalue weighted by molar-refractivity contribution is -0.0115. The SMILES string of the molecule is Cc1noc(C)c1NC(=O)Nc1ccc2c(c1)C(=O)N([C@@H](C)CO)C[C@@H](C)[C@@H](CN(C)C(=O)Nc1ccccc1)OCCCC[C@@H](C)O2. The van der Waals surface area contributed by atoms with Gasteiger partial charge in [0.1, 0.15) is 17.1 Å². The Morgan fingerprint density at radius 3 is 2.50 bits per heavy atom. The highest BCUT2D eigenvalue weighted by Crippen LogP contribution is 2.29. The molecule has 1 aliphatic heterocycles. The van der Waals surface area contributed by atoms with Crippen molar-refractivity contribution in [3.63, 3.8) is 0 Å². The molecular formula is C35H48N6O7. The van der Waals surface area contributed by atoms with Crippen molar-refractivity contribution in [1.29, 1.82) is 0 Å². The van der Waals surface area contributed by atoms with E-state index in [0.717, 1.165) is 19.3 Å². The molecule has 4 rings (SSSR count). The molecule has 2 aromatic carbocycles. The number of carbonyl (C=O) groups is 3. The van der Waals surface area contributed by atoms with Crippen LogP contribution in [0.5, 0.6) is 5.75 Å². The van der Waals surface area contributed by atoms with Gasteiger partial charge in [-0.2, -0.15) is 0 Å². The van der Waals surface area contributed by atoms with E-state index in [0.29, 0.717) is 47.4 Å². The first-order valence-corrected chi connectivity index (χ1v) is 16.4. The maximum absolute atomic E-state index is 14.4. The molecule has 0 saturated heterocycles. The Kier molecular flexibility index (Phi) is 12.8. The van der Waals surface area contributed by atoms with Crippen molar-refractivity contribution >= 4 is 35.0 Å². The summed E-state index contributed by atoms with van der Waals surface area (Å²) in [5.41, 5.74) is 2.32. The number of benzene rings is 2. The topological polar surface area (TPSA) is 158 Å². The quantitative estimate of drug-likeness (QED) is 0.243. The normalized spacial score (nSPS) is 19.7. The number of aliphatic hydroxyl groups excluding tert-OH is 1. The van der Waals surface area contributed by atoms with E-state index in [1.165, 1.54) is 0 Å². The molecule has 0 fully saturated rings. The van der Waals surface area contributed by atoms with Crippen molar-refractivity contribution in [3.05, 3.63) is 65.5 Å². The number of aryl methyl sites for hydroxylation is 2. The Bertz CT molecular complexity index is 1510. The Balaban J connectivity index is 1.59. The summed E-state index contributed by atoms with van der Waals surface area (Å²) in [4.78, 5) is 43.5. The monoisotopic (exact) mass is 664 g/mol. The van der Waals surface area contributed by atoms with Gasteiger partial charge in [0.2, 0.25) is 0 Å². The number of para-hydroxylation sites is 1. The number of nitrogens with zero attached hydrogens (tertiary/aromatic N) is 3. The second-order valence-corrected chi connectivity index (χ2v) is 12.5. The first kappa shape index (κ1) is 36.2. The summed E-state index contributed by atoms with van der Waals surface area (Å²) < 4.78 is 17.8. The van der Waals surface area contributed by atoms with Crippen LogP contribution in [0.4, 0.5) is 26.7 Å². The van der Waals surface area contributed by atoms with Crippen LogP contribution in [-0.4, -0.2) is 89.6 Å². The smallest absolute Gasteiger partial charge is 0.323 e. The predicted molar refractivity (Wildman–Crippen MR) is 184 cm³/mol. The molecule has 0 unspecified atom stereocenters. The second-order valence-electron chi connectivity index (χ2n) is 12.5. The third kappa shape index (κ3) is 9.71. The van der Waals surface area contributed by atoms with E-state index in [2.05, 4.69) is 21.1 Å². The predicted octanol–water partition coefficient (Wildman–Crippen LogP) is 5.89. The van der Waals surface area contributed by atoms with E-state index < -0.39 is 18.2 Å². The number of hydrogen-bond acceptors (Lipinski definition) is 8. The van der Waals surface area contributed by atoms with Crippen molar-refractivity contribution in [2.24, 2.45) is 5.92 Å². The van der Waals surface area contributed by atoms with Crippen LogP contribution in [0.2, 0.25) is 0 Å². The lowest BCUT2D eigenvalue weighted by Crippen LogP contribution is -2.48. The molecule has 0 aliphatic carbocycles. The van der Waals surface area contributed by atoms with Gasteiger partial charge in [0, 0.05) is 44.0 Å². The summed E-state index contributed by atoms with van der Waals surface area (Å²) in [5.74, 6) is 0.265. The highest BCUT2D eigenvalue weighted by atomic mass is 16.5. The van der Waals surface area contributed by atoms with Crippen LogP contribution in [-0.2, 0) is 4.74 Å². The molecule has 0 saturated carbocycles. The molecule has 0 radical (unpaired) electrons. The number of likely N-dealkylation sites (N-methyl/N-ethyl adjacent to an activating group) is 1. The first-order valence-electron chi connectivity index (χ1n) is 16.4. The molecule has 0 spiro atoms. The number of rotatable bonds is 7. The number of nitrogens with one attached hydrogen (secondary N) is 3. The molecule has 4 N–H and O–H groups in total. The van der Waals surface area contributed by atoms with Gasteiger partial charge >= 0.3 is 12.1 Å². The minimum absolute atomic E-state index is 0.201. The Morgan fingerprint density at radius 1 is 1.06 bits per heavy atom. The van der Waals surface area contributed by atoms with Crippen molar-refractivity contribution < 1.29 is 33.5 Å². The zero-order valence-corrected chi connectivity index (χ0v) is 28.6. The van der Waals surface area contributed by atoms with Crippen LogP contribution < -0.4 is 20.7 Å². The van der Waals surface area contributed by atoms with Crippen molar-refractivity contribution in [1.82, 2.24) is 15.0 Å². The average molecular weight is 665 g/mol. The van der Waals surface area contributed by atoms with Crippen LogP contribution >= 0.6 is 0 Å². The number of hydrogen-bond donors (Lipinski definition) is 4. The zero-order valence-electron chi connectivity index (χ0n) is 28.6. The molecule has 13 heteroatoms. The lowest BCUT2D eigenvalue weighted by atomic mass is 10.0. The maximum atomic E-state index is 14.4. The second kappa shape index (κ2) is 17.0. The molecule has 0 bridgehead atoms. The Labute approximate surface area is 281 Å². The highest BCUT2D eigenvalue weighted by molar-refractivity contribution is 6.03.